The van der Waals surface area contributed by atoms with Crippen molar-refractivity contribution in [2.75, 3.05) is 41.1 Å². The van der Waals surface area contributed by atoms with E-state index in [4.69, 9.17) is 14.2 Å². The summed E-state index contributed by atoms with van der Waals surface area (Å²) in [6, 6.07) is 6.20. The summed E-state index contributed by atoms with van der Waals surface area (Å²) in [6.45, 7) is 9.88. The number of rotatable bonds is 11. The molecule has 2 N–H and O–H groups in total. The maximum Gasteiger partial charge on any atom is 0.191 e. The number of aromatic nitrogens is 2. The molecule has 8 nitrogen and oxygen atoms in total. The van der Waals surface area contributed by atoms with Gasteiger partial charge in [-0.05, 0) is 32.4 Å². The van der Waals surface area contributed by atoms with Gasteiger partial charge in [0.25, 0.3) is 0 Å². The maximum absolute atomic E-state index is 5.87. The van der Waals surface area contributed by atoms with Gasteiger partial charge in [0.15, 0.2) is 5.96 Å². The highest BCUT2D eigenvalue weighted by atomic mass is 127. The number of benzene rings is 1. The molecule has 0 atom stereocenters. The van der Waals surface area contributed by atoms with Crippen LogP contribution in [0.2, 0.25) is 0 Å². The highest BCUT2D eigenvalue weighted by Gasteiger charge is 2.12. The number of hydrogen-bond acceptors (Lipinski definition) is 5. The average Bonchev–Trinajstić information content (AvgIpc) is 3.00. The molecule has 0 unspecified atom stereocenters. The van der Waals surface area contributed by atoms with Crippen LogP contribution in [0.1, 0.15) is 28.1 Å². The van der Waals surface area contributed by atoms with Crippen molar-refractivity contribution in [1.29, 1.82) is 0 Å². The summed E-state index contributed by atoms with van der Waals surface area (Å²) < 4.78 is 18.1. The Bertz CT molecular complexity index is 839. The molecule has 0 bridgehead atoms. The number of aryl methyl sites for hydroxylation is 2. The first kappa shape index (κ1) is 27.2. The molecule has 0 amide bonds. The number of hydrogen-bond donors (Lipinski definition) is 2. The summed E-state index contributed by atoms with van der Waals surface area (Å²) in [5.74, 6) is 1.59. The minimum atomic E-state index is 0. The Morgan fingerprint density at radius 2 is 1.74 bits per heavy atom. The van der Waals surface area contributed by atoms with E-state index < -0.39 is 0 Å². The molecule has 1 aromatic heterocycles. The Balaban J connectivity index is 0.00000480. The van der Waals surface area contributed by atoms with Gasteiger partial charge in [0.05, 0.1) is 25.5 Å². The van der Waals surface area contributed by atoms with Gasteiger partial charge in [-0.15, -0.1) is 24.0 Å². The Labute approximate surface area is 202 Å². The second kappa shape index (κ2) is 14.3. The number of methoxy groups -OCH3 is 2. The summed E-state index contributed by atoms with van der Waals surface area (Å²) in [4.78, 5) is 4.34. The molecule has 31 heavy (non-hydrogen) atoms. The largest absolute Gasteiger partial charge is 0.491 e. The van der Waals surface area contributed by atoms with Crippen LogP contribution < -0.4 is 15.4 Å². The molecule has 174 valence electrons. The molecule has 9 heteroatoms. The smallest absolute Gasteiger partial charge is 0.191 e. The van der Waals surface area contributed by atoms with Crippen LogP contribution in [0.4, 0.5) is 0 Å². The number of guanidine groups is 1. The molecule has 0 spiro atoms. The molecular weight excluding hydrogens is 509 g/mol. The zero-order valence-corrected chi connectivity index (χ0v) is 21.8. The lowest BCUT2D eigenvalue weighted by atomic mass is 10.1. The lowest BCUT2D eigenvalue weighted by Crippen LogP contribution is -2.36. The molecule has 0 fully saturated rings. The van der Waals surface area contributed by atoms with E-state index in [-0.39, 0.29) is 24.0 Å². The number of nitrogens with one attached hydrogen (secondary N) is 2. The van der Waals surface area contributed by atoms with Crippen LogP contribution >= 0.6 is 24.0 Å². The van der Waals surface area contributed by atoms with E-state index >= 15 is 0 Å². The standard InChI is InChI=1S/C22H35N5O3.HI/c1-16-7-8-19(21(13-16)30-12-11-29-6)14-24-22(23-4)25-15-20-17(2)26-27(18(20)3)9-10-28-5;/h7-8,13H,9-12,14-15H2,1-6H3,(H2,23,24,25);1H. The highest BCUT2D eigenvalue weighted by Crippen LogP contribution is 2.20. The van der Waals surface area contributed by atoms with Gasteiger partial charge in [-0.2, -0.15) is 5.10 Å². The lowest BCUT2D eigenvalue weighted by molar-refractivity contribution is 0.145. The molecule has 0 aliphatic carbocycles. The van der Waals surface area contributed by atoms with Crippen LogP contribution in [0, 0.1) is 20.8 Å². The monoisotopic (exact) mass is 545 g/mol. The topological polar surface area (TPSA) is 81.9 Å². The Morgan fingerprint density at radius 1 is 1.03 bits per heavy atom. The molecule has 2 rings (SSSR count). The van der Waals surface area contributed by atoms with E-state index in [1.54, 1.807) is 21.3 Å². The summed E-state index contributed by atoms with van der Waals surface area (Å²) in [6.07, 6.45) is 0. The third-order valence-corrected chi connectivity index (χ3v) is 4.91. The van der Waals surface area contributed by atoms with Crippen LogP contribution in [0.5, 0.6) is 5.75 Å². The predicted molar refractivity (Wildman–Crippen MR) is 135 cm³/mol. The van der Waals surface area contributed by atoms with Crippen molar-refractivity contribution in [2.45, 2.75) is 40.4 Å². The summed E-state index contributed by atoms with van der Waals surface area (Å²) >= 11 is 0. The number of aliphatic imine (C=N–C) groups is 1. The fourth-order valence-corrected chi connectivity index (χ4v) is 3.13. The van der Waals surface area contributed by atoms with E-state index in [0.717, 1.165) is 40.8 Å². The first-order valence-electron chi connectivity index (χ1n) is 10.2. The molecule has 0 aliphatic rings. The predicted octanol–water partition coefficient (Wildman–Crippen LogP) is 2.96. The van der Waals surface area contributed by atoms with Crippen LogP contribution in [0.3, 0.4) is 0 Å². The molecule has 0 saturated heterocycles. The lowest BCUT2D eigenvalue weighted by Gasteiger charge is -2.15. The first-order chi connectivity index (χ1) is 14.5. The van der Waals surface area contributed by atoms with E-state index in [0.29, 0.717) is 32.9 Å². The summed E-state index contributed by atoms with van der Waals surface area (Å²) in [5, 5.41) is 11.4. The van der Waals surface area contributed by atoms with Gasteiger partial charge in [0, 0.05) is 51.2 Å². The Morgan fingerprint density at radius 3 is 2.42 bits per heavy atom. The summed E-state index contributed by atoms with van der Waals surface area (Å²) in [5.41, 5.74) is 5.55. The third kappa shape index (κ3) is 8.30. The molecular formula is C22H36IN5O3. The SMILES string of the molecule is CN=C(NCc1ccc(C)cc1OCCOC)NCc1c(C)nn(CCOC)c1C.I. The van der Waals surface area contributed by atoms with E-state index in [1.807, 2.05) is 17.7 Å². The summed E-state index contributed by atoms with van der Waals surface area (Å²) in [7, 11) is 5.14. The molecule has 0 saturated carbocycles. The van der Waals surface area contributed by atoms with Crippen molar-refractivity contribution in [1.82, 2.24) is 20.4 Å². The Hall–Kier alpha value is -1.85. The van der Waals surface area contributed by atoms with Crippen LogP contribution in [0.15, 0.2) is 23.2 Å². The van der Waals surface area contributed by atoms with Crippen molar-refractivity contribution in [3.05, 3.63) is 46.3 Å². The van der Waals surface area contributed by atoms with Gasteiger partial charge in [-0.3, -0.25) is 9.67 Å². The third-order valence-electron chi connectivity index (χ3n) is 4.91. The minimum absolute atomic E-state index is 0. The van der Waals surface area contributed by atoms with Crippen LogP contribution in [0.25, 0.3) is 0 Å². The van der Waals surface area contributed by atoms with Crippen LogP contribution in [-0.2, 0) is 29.1 Å². The van der Waals surface area contributed by atoms with Gasteiger partial charge in [0.2, 0.25) is 0 Å². The first-order valence-corrected chi connectivity index (χ1v) is 10.2. The van der Waals surface area contributed by atoms with Crippen LogP contribution in [-0.4, -0.2) is 56.8 Å². The fourth-order valence-electron chi connectivity index (χ4n) is 3.13. The van der Waals surface area contributed by atoms with Gasteiger partial charge in [-0.25, -0.2) is 0 Å². The van der Waals surface area contributed by atoms with E-state index in [9.17, 15) is 0 Å². The zero-order valence-electron chi connectivity index (χ0n) is 19.4. The van der Waals surface area contributed by atoms with Gasteiger partial charge in [-0.1, -0.05) is 12.1 Å². The van der Waals surface area contributed by atoms with Crippen molar-refractivity contribution in [3.8, 4) is 5.75 Å². The van der Waals surface area contributed by atoms with Crippen molar-refractivity contribution < 1.29 is 14.2 Å². The average molecular weight is 545 g/mol. The van der Waals surface area contributed by atoms with E-state index in [1.165, 1.54) is 5.56 Å². The van der Waals surface area contributed by atoms with Gasteiger partial charge in [0.1, 0.15) is 12.4 Å². The molecule has 0 aliphatic heterocycles. The van der Waals surface area contributed by atoms with Crippen molar-refractivity contribution in [3.63, 3.8) is 0 Å². The fraction of sp³-hybridized carbons (Fsp3) is 0.545. The second-order valence-electron chi connectivity index (χ2n) is 7.10. The van der Waals surface area contributed by atoms with Gasteiger partial charge >= 0.3 is 0 Å². The normalized spacial score (nSPS) is 11.2. The molecule has 0 radical (unpaired) electrons. The molecule has 1 aromatic carbocycles. The highest BCUT2D eigenvalue weighted by molar-refractivity contribution is 14.0. The zero-order chi connectivity index (χ0) is 21.9. The second-order valence-corrected chi connectivity index (χ2v) is 7.10. The quantitative estimate of drug-likeness (QED) is 0.196. The molecule has 2 aromatic rings. The Kier molecular flexibility index (Phi) is 12.5. The minimum Gasteiger partial charge on any atom is -0.491 e. The number of nitrogens with zero attached hydrogens (tertiary/aromatic N) is 3. The van der Waals surface area contributed by atoms with Crippen molar-refractivity contribution >= 4 is 29.9 Å². The molecule has 1 heterocycles. The van der Waals surface area contributed by atoms with Crippen molar-refractivity contribution in [2.24, 2.45) is 4.99 Å². The number of halogens is 1. The number of ether oxygens (including phenoxy) is 3. The van der Waals surface area contributed by atoms with Gasteiger partial charge < -0.3 is 24.8 Å². The maximum atomic E-state index is 5.87. The van der Waals surface area contributed by atoms with E-state index in [2.05, 4.69) is 46.7 Å².